The van der Waals surface area contributed by atoms with Crippen LogP contribution in [0.15, 0.2) is 12.3 Å². The number of ether oxygens (including phenoxy) is 3. The van der Waals surface area contributed by atoms with E-state index in [-0.39, 0.29) is 0 Å². The molecule has 0 aromatic rings. The molecule has 0 amide bonds. The molecule has 3 nitrogen and oxygen atoms in total. The van der Waals surface area contributed by atoms with Crippen molar-refractivity contribution in [3.8, 4) is 0 Å². The molecule has 4 heteroatoms. The van der Waals surface area contributed by atoms with Gasteiger partial charge >= 0.3 is 0 Å². The van der Waals surface area contributed by atoms with Crippen molar-refractivity contribution < 1.29 is 14.2 Å². The smallest absolute Gasteiger partial charge is 0.161 e. The van der Waals surface area contributed by atoms with Crippen molar-refractivity contribution in [3.05, 3.63) is 12.3 Å². The largest absolute Gasteiger partial charge is 0.384 e. The highest BCUT2D eigenvalue weighted by atomic mass is 28.3. The zero-order valence-electron chi connectivity index (χ0n) is 10.3. The maximum Gasteiger partial charge on any atom is 0.161 e. The van der Waals surface area contributed by atoms with Gasteiger partial charge in [0.05, 0.1) is 0 Å². The lowest BCUT2D eigenvalue weighted by Crippen LogP contribution is -2.49. The Kier molecular flexibility index (Phi) is 8.99. The van der Waals surface area contributed by atoms with Crippen LogP contribution in [0.4, 0.5) is 0 Å². The Morgan fingerprint density at radius 2 is 1.20 bits per heavy atom. The van der Waals surface area contributed by atoms with Crippen molar-refractivity contribution in [3.63, 3.8) is 0 Å². The maximum absolute atomic E-state index is 5.51. The Hall–Kier alpha value is -0.163. The first-order chi connectivity index (χ1) is 7.24. The average molecular weight is 232 g/mol. The van der Waals surface area contributed by atoms with Crippen LogP contribution in [-0.2, 0) is 14.2 Å². The lowest BCUT2D eigenvalue weighted by Gasteiger charge is -2.26. The molecule has 0 radical (unpaired) electrons. The SMILES string of the molecule is C=C[Si](COCC)(COCC)COCC. The van der Waals surface area contributed by atoms with Crippen molar-refractivity contribution >= 4 is 8.07 Å². The molecule has 15 heavy (non-hydrogen) atoms. The van der Waals surface area contributed by atoms with Crippen LogP contribution in [-0.4, -0.2) is 46.6 Å². The van der Waals surface area contributed by atoms with Crippen LogP contribution in [0.3, 0.4) is 0 Å². The van der Waals surface area contributed by atoms with Crippen LogP contribution < -0.4 is 0 Å². The third kappa shape index (κ3) is 6.09. The van der Waals surface area contributed by atoms with E-state index >= 15 is 0 Å². The number of hydrogen-bond acceptors (Lipinski definition) is 3. The van der Waals surface area contributed by atoms with Gasteiger partial charge < -0.3 is 14.2 Å². The first-order valence-corrected chi connectivity index (χ1v) is 8.31. The van der Waals surface area contributed by atoms with E-state index in [9.17, 15) is 0 Å². The minimum atomic E-state index is -1.74. The third-order valence-electron chi connectivity index (χ3n) is 2.21. The van der Waals surface area contributed by atoms with Crippen LogP contribution in [0, 0.1) is 0 Å². The summed E-state index contributed by atoms with van der Waals surface area (Å²) in [5.74, 6) is 0. The second-order valence-corrected chi connectivity index (χ2v) is 7.48. The second-order valence-electron chi connectivity index (χ2n) is 3.48. The van der Waals surface area contributed by atoms with Crippen molar-refractivity contribution in [2.24, 2.45) is 0 Å². The topological polar surface area (TPSA) is 27.7 Å². The molecular weight excluding hydrogens is 208 g/mol. The zero-order chi connectivity index (χ0) is 11.6. The van der Waals surface area contributed by atoms with Crippen LogP contribution in [0.25, 0.3) is 0 Å². The lowest BCUT2D eigenvalue weighted by atomic mass is 10.9. The molecule has 0 saturated carbocycles. The van der Waals surface area contributed by atoms with E-state index < -0.39 is 8.07 Å². The van der Waals surface area contributed by atoms with Gasteiger partial charge in [-0.05, 0) is 20.8 Å². The summed E-state index contributed by atoms with van der Waals surface area (Å²) in [6, 6.07) is 0. The van der Waals surface area contributed by atoms with Gasteiger partial charge in [-0.3, -0.25) is 0 Å². The van der Waals surface area contributed by atoms with Crippen LogP contribution in [0.5, 0.6) is 0 Å². The number of rotatable bonds is 10. The first-order valence-electron chi connectivity index (χ1n) is 5.61. The van der Waals surface area contributed by atoms with Crippen molar-refractivity contribution in [2.75, 3.05) is 38.5 Å². The molecule has 0 aliphatic heterocycles. The molecular formula is C11H24O3Si. The van der Waals surface area contributed by atoms with Gasteiger partial charge in [0.2, 0.25) is 0 Å². The molecule has 0 aromatic carbocycles. The highest BCUT2D eigenvalue weighted by molar-refractivity contribution is 6.84. The van der Waals surface area contributed by atoms with Gasteiger partial charge in [-0.1, -0.05) is 5.70 Å². The van der Waals surface area contributed by atoms with Gasteiger partial charge in [0, 0.05) is 38.5 Å². The van der Waals surface area contributed by atoms with E-state index in [2.05, 4.69) is 6.58 Å². The molecule has 0 spiro atoms. The van der Waals surface area contributed by atoms with Gasteiger partial charge in [-0.15, -0.1) is 6.58 Å². The molecule has 0 aliphatic rings. The fraction of sp³-hybridized carbons (Fsp3) is 0.818. The summed E-state index contributed by atoms with van der Waals surface area (Å²) in [4.78, 5) is 0. The van der Waals surface area contributed by atoms with Crippen LogP contribution in [0.2, 0.25) is 0 Å². The summed E-state index contributed by atoms with van der Waals surface area (Å²) in [6.07, 6.45) is 2.23. The zero-order valence-corrected chi connectivity index (χ0v) is 11.3. The third-order valence-corrected chi connectivity index (χ3v) is 5.42. The highest BCUT2D eigenvalue weighted by Gasteiger charge is 2.31. The summed E-state index contributed by atoms with van der Waals surface area (Å²) in [5, 5.41) is 0. The van der Waals surface area contributed by atoms with E-state index in [4.69, 9.17) is 14.2 Å². The van der Waals surface area contributed by atoms with Crippen molar-refractivity contribution in [1.29, 1.82) is 0 Å². The molecule has 0 fully saturated rings. The predicted octanol–water partition coefficient (Wildman–Crippen LogP) is 1.89. The molecule has 0 unspecified atom stereocenters. The van der Waals surface area contributed by atoms with Gasteiger partial charge in [0.1, 0.15) is 0 Å². The standard InChI is InChI=1S/C11H24O3Si/c1-5-12-9-15(8-4,10-13-6-2)11-14-7-3/h8H,4-7,9-11H2,1-3H3. The Morgan fingerprint density at radius 1 is 0.867 bits per heavy atom. The summed E-state index contributed by atoms with van der Waals surface area (Å²) in [5.41, 5.74) is 2.02. The predicted molar refractivity (Wildman–Crippen MR) is 65.4 cm³/mol. The Bertz CT molecular complexity index is 140. The minimum Gasteiger partial charge on any atom is -0.384 e. The molecule has 0 aliphatic carbocycles. The molecule has 0 aromatic heterocycles. The van der Waals surface area contributed by atoms with Gasteiger partial charge in [-0.2, -0.15) is 0 Å². The fourth-order valence-corrected chi connectivity index (χ4v) is 3.65. The van der Waals surface area contributed by atoms with E-state index in [0.29, 0.717) is 0 Å². The Labute approximate surface area is 94.4 Å². The van der Waals surface area contributed by atoms with E-state index in [1.807, 2.05) is 26.5 Å². The summed E-state index contributed by atoms with van der Waals surface area (Å²) < 4.78 is 16.5. The van der Waals surface area contributed by atoms with Crippen molar-refractivity contribution in [1.82, 2.24) is 0 Å². The van der Waals surface area contributed by atoms with E-state index in [1.165, 1.54) is 0 Å². The van der Waals surface area contributed by atoms with Gasteiger partial charge in [0.15, 0.2) is 8.07 Å². The fourth-order valence-electron chi connectivity index (χ4n) is 1.22. The second kappa shape index (κ2) is 9.09. The van der Waals surface area contributed by atoms with Crippen LogP contribution in [0.1, 0.15) is 20.8 Å². The monoisotopic (exact) mass is 232 g/mol. The Balaban J connectivity index is 4.23. The molecule has 0 heterocycles. The summed E-state index contributed by atoms with van der Waals surface area (Å²) >= 11 is 0. The first kappa shape index (κ1) is 14.8. The quantitative estimate of drug-likeness (QED) is 0.538. The minimum absolute atomic E-state index is 0.737. The summed E-state index contributed by atoms with van der Waals surface area (Å²) in [6.45, 7) is 12.1. The van der Waals surface area contributed by atoms with Gasteiger partial charge in [0.25, 0.3) is 0 Å². The summed E-state index contributed by atoms with van der Waals surface area (Å²) in [7, 11) is -1.74. The molecule has 90 valence electrons. The average Bonchev–Trinajstić information content (AvgIpc) is 2.29. The van der Waals surface area contributed by atoms with Crippen molar-refractivity contribution in [2.45, 2.75) is 20.8 Å². The maximum atomic E-state index is 5.51. The highest BCUT2D eigenvalue weighted by Crippen LogP contribution is 2.07. The van der Waals surface area contributed by atoms with Gasteiger partial charge in [-0.25, -0.2) is 0 Å². The normalized spacial score (nSPS) is 11.7. The molecule has 0 saturated heterocycles. The molecule has 0 N–H and O–H groups in total. The van der Waals surface area contributed by atoms with Crippen LogP contribution >= 0.6 is 0 Å². The molecule has 0 atom stereocenters. The van der Waals surface area contributed by atoms with E-state index in [0.717, 1.165) is 38.5 Å². The molecule has 0 bridgehead atoms. The number of hydrogen-bond donors (Lipinski definition) is 0. The van der Waals surface area contributed by atoms with E-state index in [1.54, 1.807) is 0 Å². The Morgan fingerprint density at radius 3 is 1.40 bits per heavy atom. The molecule has 0 rings (SSSR count). The lowest BCUT2D eigenvalue weighted by molar-refractivity contribution is 0.141.